The van der Waals surface area contributed by atoms with Crippen molar-refractivity contribution in [1.82, 2.24) is 0 Å². The van der Waals surface area contributed by atoms with Gasteiger partial charge in [0, 0.05) is 5.57 Å². The minimum Gasteiger partial charge on any atom is -0.497 e. The number of rotatable bonds is 6. The standard InChI is InChI=1S/C38H28N4O2/c1-24-5-8-28(9-6-24)35-32-18-7-25(2)19-33(32)38(22-41,23-42)37(36(35)29(20-39)21-40)34(26-10-14-30(43-3)15-11-26)27-12-16-31(44-4)17-13-27/h5-19,29H,1-4H3. The number of hydrogen-bond acceptors (Lipinski definition) is 6. The topological polar surface area (TPSA) is 114 Å². The van der Waals surface area contributed by atoms with Gasteiger partial charge in [0.05, 0.1) is 38.5 Å². The highest BCUT2D eigenvalue weighted by Crippen LogP contribution is 2.54. The first-order valence-electron chi connectivity index (χ1n) is 13.9. The quantitative estimate of drug-likeness (QED) is 0.235. The number of nitrogens with zero attached hydrogens (tertiary/aromatic N) is 4. The van der Waals surface area contributed by atoms with Crippen molar-refractivity contribution in [2.75, 3.05) is 14.2 Å². The summed E-state index contributed by atoms with van der Waals surface area (Å²) in [7, 11) is 3.15. The molecule has 0 bridgehead atoms. The van der Waals surface area contributed by atoms with Gasteiger partial charge in [-0.1, -0.05) is 77.9 Å². The van der Waals surface area contributed by atoms with Crippen LogP contribution in [0.15, 0.2) is 102 Å². The van der Waals surface area contributed by atoms with Gasteiger partial charge in [0.25, 0.3) is 0 Å². The van der Waals surface area contributed by atoms with Crippen LogP contribution in [-0.2, 0) is 5.41 Å². The van der Waals surface area contributed by atoms with Crippen molar-refractivity contribution in [2.24, 2.45) is 5.92 Å². The van der Waals surface area contributed by atoms with E-state index in [0.29, 0.717) is 56.0 Å². The molecule has 1 aliphatic carbocycles. The monoisotopic (exact) mass is 572 g/mol. The number of allylic oxidation sites excluding steroid dienone is 2. The predicted octanol–water partition coefficient (Wildman–Crippen LogP) is 7.59. The summed E-state index contributed by atoms with van der Waals surface area (Å²) in [5.41, 5.74) is 5.19. The largest absolute Gasteiger partial charge is 0.497 e. The van der Waals surface area contributed by atoms with E-state index in [0.717, 1.165) is 16.7 Å². The van der Waals surface area contributed by atoms with Crippen molar-refractivity contribution in [2.45, 2.75) is 19.3 Å². The van der Waals surface area contributed by atoms with Crippen molar-refractivity contribution >= 4 is 11.1 Å². The summed E-state index contributed by atoms with van der Waals surface area (Å²) in [6, 6.07) is 37.2. The average molecular weight is 573 g/mol. The summed E-state index contributed by atoms with van der Waals surface area (Å²) in [5.74, 6) is -0.0250. The van der Waals surface area contributed by atoms with E-state index in [1.807, 2.05) is 80.6 Å². The van der Waals surface area contributed by atoms with Gasteiger partial charge in [0.15, 0.2) is 11.3 Å². The summed E-state index contributed by atoms with van der Waals surface area (Å²) in [4.78, 5) is 0. The Morgan fingerprint density at radius 3 is 1.61 bits per heavy atom. The summed E-state index contributed by atoms with van der Waals surface area (Å²) >= 11 is 0. The first kappa shape index (κ1) is 29.4. The van der Waals surface area contributed by atoms with Gasteiger partial charge in [-0.15, -0.1) is 0 Å². The lowest BCUT2D eigenvalue weighted by molar-refractivity contribution is 0.414. The number of nitriles is 4. The Kier molecular flexibility index (Phi) is 8.04. The summed E-state index contributed by atoms with van der Waals surface area (Å²) in [5, 5.41) is 43.0. The van der Waals surface area contributed by atoms with Crippen molar-refractivity contribution in [3.8, 4) is 35.8 Å². The molecule has 212 valence electrons. The van der Waals surface area contributed by atoms with E-state index in [2.05, 4.69) is 24.3 Å². The highest BCUT2D eigenvalue weighted by atomic mass is 16.5. The lowest BCUT2D eigenvalue weighted by Gasteiger charge is -2.37. The maximum Gasteiger partial charge on any atom is 0.195 e. The molecular weight excluding hydrogens is 544 g/mol. The molecule has 0 spiro atoms. The lowest BCUT2D eigenvalue weighted by Crippen LogP contribution is -2.34. The van der Waals surface area contributed by atoms with Crippen LogP contribution in [0.2, 0.25) is 0 Å². The van der Waals surface area contributed by atoms with E-state index in [1.165, 1.54) is 0 Å². The van der Waals surface area contributed by atoms with Crippen molar-refractivity contribution in [1.29, 1.82) is 21.0 Å². The highest BCUT2D eigenvalue weighted by Gasteiger charge is 2.49. The molecule has 4 aromatic rings. The fraction of sp³-hybridized carbons (Fsp3) is 0.158. The Balaban J connectivity index is 2.10. The van der Waals surface area contributed by atoms with E-state index in [4.69, 9.17) is 9.47 Å². The van der Waals surface area contributed by atoms with E-state index in [-0.39, 0.29) is 0 Å². The Morgan fingerprint density at radius 2 is 1.16 bits per heavy atom. The van der Waals surface area contributed by atoms with E-state index >= 15 is 0 Å². The number of ether oxygens (including phenoxy) is 2. The number of fused-ring (bicyclic) bond motifs is 1. The molecule has 6 nitrogen and oxygen atoms in total. The maximum absolute atomic E-state index is 11.1. The van der Waals surface area contributed by atoms with Crippen LogP contribution in [-0.4, -0.2) is 14.2 Å². The Morgan fingerprint density at radius 1 is 0.659 bits per heavy atom. The summed E-state index contributed by atoms with van der Waals surface area (Å²) in [6.45, 7) is 3.90. The Hall–Kier alpha value is -6.08. The first-order valence-corrected chi connectivity index (χ1v) is 13.9. The van der Waals surface area contributed by atoms with Gasteiger partial charge in [0.2, 0.25) is 0 Å². The minimum atomic E-state index is -1.86. The van der Waals surface area contributed by atoms with Crippen LogP contribution in [0.4, 0.5) is 0 Å². The van der Waals surface area contributed by atoms with Crippen molar-refractivity contribution in [3.05, 3.63) is 141 Å². The fourth-order valence-corrected chi connectivity index (χ4v) is 5.82. The van der Waals surface area contributed by atoms with E-state index < -0.39 is 11.3 Å². The fourth-order valence-electron chi connectivity index (χ4n) is 5.82. The molecule has 0 radical (unpaired) electrons. The summed E-state index contributed by atoms with van der Waals surface area (Å²) < 4.78 is 10.8. The van der Waals surface area contributed by atoms with Gasteiger partial charge in [-0.3, -0.25) is 0 Å². The molecule has 5 rings (SSSR count). The first-order chi connectivity index (χ1) is 21.3. The molecule has 6 heteroatoms. The van der Waals surface area contributed by atoms with Gasteiger partial charge in [0.1, 0.15) is 11.5 Å². The zero-order valence-corrected chi connectivity index (χ0v) is 24.8. The molecule has 0 aliphatic heterocycles. The second-order valence-corrected chi connectivity index (χ2v) is 10.6. The van der Waals surface area contributed by atoms with Gasteiger partial charge < -0.3 is 9.47 Å². The van der Waals surface area contributed by atoms with Crippen molar-refractivity contribution < 1.29 is 9.47 Å². The molecule has 0 fully saturated rings. The number of methoxy groups -OCH3 is 2. The lowest BCUT2D eigenvalue weighted by atomic mass is 9.60. The molecule has 4 aromatic carbocycles. The van der Waals surface area contributed by atoms with Gasteiger partial charge in [-0.2, -0.15) is 21.0 Å². The third-order valence-corrected chi connectivity index (χ3v) is 7.99. The smallest absolute Gasteiger partial charge is 0.195 e. The average Bonchev–Trinajstić information content (AvgIpc) is 3.06. The zero-order valence-electron chi connectivity index (χ0n) is 24.8. The molecule has 44 heavy (non-hydrogen) atoms. The van der Waals surface area contributed by atoms with E-state index in [1.54, 1.807) is 38.5 Å². The third kappa shape index (κ3) is 4.86. The molecule has 0 aromatic heterocycles. The van der Waals surface area contributed by atoms with Crippen LogP contribution in [0.25, 0.3) is 11.1 Å². The second kappa shape index (κ2) is 12.0. The van der Waals surface area contributed by atoms with Crippen LogP contribution in [0.5, 0.6) is 11.5 Å². The number of hydrogen-bond donors (Lipinski definition) is 0. The van der Waals surface area contributed by atoms with Crippen LogP contribution in [0.3, 0.4) is 0 Å². The Bertz CT molecular complexity index is 1900. The van der Waals surface area contributed by atoms with Crippen LogP contribution < -0.4 is 9.47 Å². The molecule has 0 unspecified atom stereocenters. The molecule has 1 aliphatic rings. The second-order valence-electron chi connectivity index (χ2n) is 10.6. The molecule has 0 amide bonds. The molecule has 0 saturated heterocycles. The SMILES string of the molecule is COc1ccc(C(=C2C(C(C#N)C#N)=C(c3ccc(C)cc3)c3ccc(C)cc3C2(C#N)C#N)c2ccc(OC)cc2)cc1. The van der Waals surface area contributed by atoms with Crippen LogP contribution >= 0.6 is 0 Å². The zero-order chi connectivity index (χ0) is 31.4. The highest BCUT2D eigenvalue weighted by molar-refractivity contribution is 5.99. The molecule has 0 atom stereocenters. The normalized spacial score (nSPS) is 13.2. The van der Waals surface area contributed by atoms with Gasteiger partial charge >= 0.3 is 0 Å². The van der Waals surface area contributed by atoms with Gasteiger partial charge in [-0.25, -0.2) is 0 Å². The Labute approximate surface area is 257 Å². The molecule has 0 saturated carbocycles. The number of aryl methyl sites for hydroxylation is 2. The molecule has 0 heterocycles. The van der Waals surface area contributed by atoms with Crippen LogP contribution in [0, 0.1) is 65.1 Å². The molecule has 0 N–H and O–H groups in total. The van der Waals surface area contributed by atoms with Crippen LogP contribution in [0.1, 0.15) is 38.9 Å². The third-order valence-electron chi connectivity index (χ3n) is 7.99. The minimum absolute atomic E-state index is 0.305. The number of benzene rings is 4. The molecular formula is C38H28N4O2. The maximum atomic E-state index is 11.1. The van der Waals surface area contributed by atoms with E-state index in [9.17, 15) is 21.0 Å². The van der Waals surface area contributed by atoms with Crippen molar-refractivity contribution in [3.63, 3.8) is 0 Å². The predicted molar refractivity (Wildman–Crippen MR) is 168 cm³/mol. The van der Waals surface area contributed by atoms with Gasteiger partial charge in [-0.05, 0) is 82.6 Å². The summed E-state index contributed by atoms with van der Waals surface area (Å²) in [6.07, 6.45) is 0.